The molecule has 102 valence electrons. The van der Waals surface area contributed by atoms with Gasteiger partial charge in [0, 0.05) is 13.2 Å². The summed E-state index contributed by atoms with van der Waals surface area (Å²) in [4.78, 5) is 11.0. The number of carboxylic acid groups (broad SMARTS) is 1. The van der Waals surface area contributed by atoms with Gasteiger partial charge in [-0.2, -0.15) is 0 Å². The zero-order valence-corrected chi connectivity index (χ0v) is 11.2. The predicted molar refractivity (Wildman–Crippen MR) is 76.6 cm³/mol. The third kappa shape index (κ3) is 3.90. The molecule has 1 aromatic carbocycles. The highest BCUT2D eigenvalue weighted by Gasteiger charge is 2.16. The number of nitrogens with one attached hydrogen (secondary N) is 2. The van der Waals surface area contributed by atoms with Crippen LogP contribution in [0.5, 0.6) is 0 Å². The Morgan fingerprint density at radius 1 is 1.47 bits per heavy atom. The third-order valence-electron chi connectivity index (χ3n) is 2.92. The summed E-state index contributed by atoms with van der Waals surface area (Å²) < 4.78 is 5.47. The molecule has 5 nitrogen and oxygen atoms in total. The molecule has 0 bridgehead atoms. The van der Waals surface area contributed by atoms with Crippen LogP contribution in [0.3, 0.4) is 0 Å². The fraction of sp³-hybridized carbons (Fsp3) is 0.385. The summed E-state index contributed by atoms with van der Waals surface area (Å²) in [5.41, 5.74) is 0.684. The largest absolute Gasteiger partial charge is 0.478 e. The molecule has 6 heteroatoms. The van der Waals surface area contributed by atoms with Crippen molar-refractivity contribution < 1.29 is 14.6 Å². The number of ether oxygens (including phenoxy) is 1. The van der Waals surface area contributed by atoms with E-state index in [1.807, 2.05) is 0 Å². The maximum Gasteiger partial charge on any atom is 0.337 e. The van der Waals surface area contributed by atoms with Crippen molar-refractivity contribution >= 4 is 29.0 Å². The summed E-state index contributed by atoms with van der Waals surface area (Å²) in [7, 11) is 0. The Morgan fingerprint density at radius 3 is 2.95 bits per heavy atom. The number of hydrogen-bond acceptors (Lipinski definition) is 3. The number of carbonyl (C=O) groups is 1. The van der Waals surface area contributed by atoms with E-state index in [0.29, 0.717) is 17.3 Å². The molecular weight excluding hydrogens is 264 g/mol. The number of rotatable bonds is 4. The number of thiocarbonyl (C=S) groups is 1. The first-order chi connectivity index (χ1) is 9.16. The Hall–Kier alpha value is -1.66. The van der Waals surface area contributed by atoms with E-state index in [1.54, 1.807) is 18.2 Å². The minimum atomic E-state index is -0.981. The number of carboxylic acids is 1. The lowest BCUT2D eigenvalue weighted by molar-refractivity contribution is 0.0698. The fourth-order valence-electron chi connectivity index (χ4n) is 1.96. The van der Waals surface area contributed by atoms with Crippen molar-refractivity contribution in [3.05, 3.63) is 29.8 Å². The molecule has 0 spiro atoms. The van der Waals surface area contributed by atoms with Crippen molar-refractivity contribution in [2.75, 3.05) is 18.5 Å². The smallest absolute Gasteiger partial charge is 0.337 e. The van der Waals surface area contributed by atoms with Crippen LogP contribution in [0.1, 0.15) is 23.2 Å². The summed E-state index contributed by atoms with van der Waals surface area (Å²) in [6.07, 6.45) is 2.30. The molecule has 0 aliphatic carbocycles. The fourth-order valence-corrected chi connectivity index (χ4v) is 2.15. The highest BCUT2D eigenvalue weighted by molar-refractivity contribution is 7.80. The van der Waals surface area contributed by atoms with E-state index in [-0.39, 0.29) is 11.7 Å². The first kappa shape index (κ1) is 13.8. The molecule has 1 fully saturated rings. The van der Waals surface area contributed by atoms with Gasteiger partial charge in [-0.05, 0) is 37.2 Å². The highest BCUT2D eigenvalue weighted by Crippen LogP contribution is 2.15. The van der Waals surface area contributed by atoms with Crippen LogP contribution in [-0.4, -0.2) is 35.4 Å². The van der Waals surface area contributed by atoms with Crippen molar-refractivity contribution in [2.24, 2.45) is 0 Å². The van der Waals surface area contributed by atoms with Crippen molar-refractivity contribution in [3.8, 4) is 0 Å². The molecule has 1 aliphatic heterocycles. The summed E-state index contributed by atoms with van der Waals surface area (Å²) >= 11 is 5.15. The first-order valence-electron chi connectivity index (χ1n) is 6.15. The van der Waals surface area contributed by atoms with E-state index in [9.17, 15) is 4.79 Å². The third-order valence-corrected chi connectivity index (χ3v) is 3.17. The van der Waals surface area contributed by atoms with Gasteiger partial charge in [0.1, 0.15) is 0 Å². The number of benzene rings is 1. The summed E-state index contributed by atoms with van der Waals surface area (Å²) in [5.74, 6) is -0.981. The molecule has 0 unspecified atom stereocenters. The van der Waals surface area contributed by atoms with Gasteiger partial charge in [-0.3, -0.25) is 0 Å². The van der Waals surface area contributed by atoms with Crippen molar-refractivity contribution in [1.29, 1.82) is 0 Å². The summed E-state index contributed by atoms with van der Waals surface area (Å²) in [5, 5.41) is 15.4. The van der Waals surface area contributed by atoms with Crippen LogP contribution in [0.2, 0.25) is 0 Å². The maximum atomic E-state index is 11.0. The number of anilines is 1. The molecule has 2 rings (SSSR count). The van der Waals surface area contributed by atoms with Crippen LogP contribution < -0.4 is 10.6 Å². The molecule has 1 aliphatic rings. The Bertz CT molecular complexity index is 473. The molecule has 1 heterocycles. The van der Waals surface area contributed by atoms with Crippen LogP contribution in [0.25, 0.3) is 0 Å². The SMILES string of the molecule is O=C(O)c1ccccc1NC(=S)NC[C@H]1CCCO1. The van der Waals surface area contributed by atoms with Gasteiger partial charge in [0.25, 0.3) is 0 Å². The first-order valence-corrected chi connectivity index (χ1v) is 6.56. The second-order valence-electron chi connectivity index (χ2n) is 4.32. The zero-order chi connectivity index (χ0) is 13.7. The predicted octanol–water partition coefficient (Wildman–Crippen LogP) is 1.85. The quantitative estimate of drug-likeness (QED) is 0.731. The summed E-state index contributed by atoms with van der Waals surface area (Å²) in [6.45, 7) is 1.44. The van der Waals surface area contributed by atoms with Gasteiger partial charge in [0.05, 0.1) is 17.4 Å². The van der Waals surface area contributed by atoms with E-state index >= 15 is 0 Å². The molecule has 1 atom stereocenters. The van der Waals surface area contributed by atoms with Gasteiger partial charge in [-0.25, -0.2) is 4.79 Å². The van der Waals surface area contributed by atoms with Gasteiger partial charge < -0.3 is 20.5 Å². The molecule has 3 N–H and O–H groups in total. The molecule has 1 aromatic rings. The van der Waals surface area contributed by atoms with Crippen LogP contribution in [-0.2, 0) is 4.74 Å². The maximum absolute atomic E-state index is 11.0. The number of hydrogen-bond donors (Lipinski definition) is 3. The number of aromatic carboxylic acids is 1. The average Bonchev–Trinajstić information content (AvgIpc) is 2.90. The van der Waals surface area contributed by atoms with E-state index in [2.05, 4.69) is 10.6 Å². The Labute approximate surface area is 117 Å². The van der Waals surface area contributed by atoms with E-state index in [4.69, 9.17) is 22.1 Å². The molecule has 1 saturated heterocycles. The molecular formula is C13H16N2O3S. The minimum Gasteiger partial charge on any atom is -0.478 e. The molecule has 0 aromatic heterocycles. The Morgan fingerprint density at radius 2 is 2.26 bits per heavy atom. The molecule has 0 radical (unpaired) electrons. The van der Waals surface area contributed by atoms with E-state index in [0.717, 1.165) is 19.4 Å². The van der Waals surface area contributed by atoms with Gasteiger partial charge in [-0.1, -0.05) is 12.1 Å². The topological polar surface area (TPSA) is 70.6 Å². The molecule has 0 amide bonds. The normalized spacial score (nSPS) is 18.0. The lowest BCUT2D eigenvalue weighted by Gasteiger charge is -2.15. The zero-order valence-electron chi connectivity index (χ0n) is 10.4. The Balaban J connectivity index is 1.89. The van der Waals surface area contributed by atoms with E-state index < -0.39 is 5.97 Å². The average molecular weight is 280 g/mol. The van der Waals surface area contributed by atoms with Crippen LogP contribution in [0, 0.1) is 0 Å². The molecule has 19 heavy (non-hydrogen) atoms. The Kier molecular flexibility index (Phi) is 4.70. The van der Waals surface area contributed by atoms with Gasteiger partial charge >= 0.3 is 5.97 Å². The highest BCUT2D eigenvalue weighted by atomic mass is 32.1. The van der Waals surface area contributed by atoms with Gasteiger partial charge in [0.2, 0.25) is 0 Å². The van der Waals surface area contributed by atoms with Gasteiger partial charge in [-0.15, -0.1) is 0 Å². The second-order valence-corrected chi connectivity index (χ2v) is 4.73. The lowest BCUT2D eigenvalue weighted by atomic mass is 10.2. The van der Waals surface area contributed by atoms with Crippen molar-refractivity contribution in [2.45, 2.75) is 18.9 Å². The standard InChI is InChI=1S/C13H16N2O3S/c16-12(17)10-5-1-2-6-11(10)15-13(19)14-8-9-4-3-7-18-9/h1-2,5-6,9H,3-4,7-8H2,(H,16,17)(H2,14,15,19)/t9-/m1/s1. The van der Waals surface area contributed by atoms with Crippen LogP contribution in [0.4, 0.5) is 5.69 Å². The van der Waals surface area contributed by atoms with Crippen LogP contribution in [0.15, 0.2) is 24.3 Å². The van der Waals surface area contributed by atoms with E-state index in [1.165, 1.54) is 6.07 Å². The monoisotopic (exact) mass is 280 g/mol. The molecule has 0 saturated carbocycles. The van der Waals surface area contributed by atoms with Gasteiger partial charge in [0.15, 0.2) is 5.11 Å². The van der Waals surface area contributed by atoms with Crippen LogP contribution >= 0.6 is 12.2 Å². The van der Waals surface area contributed by atoms with Crippen molar-refractivity contribution in [1.82, 2.24) is 5.32 Å². The summed E-state index contributed by atoms with van der Waals surface area (Å²) in [6, 6.07) is 6.66. The minimum absolute atomic E-state index is 0.189. The second kappa shape index (κ2) is 6.49. The van der Waals surface area contributed by atoms with Crippen molar-refractivity contribution in [3.63, 3.8) is 0 Å². The number of para-hydroxylation sites is 1. The lowest BCUT2D eigenvalue weighted by Crippen LogP contribution is -2.35.